The van der Waals surface area contributed by atoms with E-state index in [4.69, 9.17) is 0 Å². The molecule has 0 spiro atoms. The van der Waals surface area contributed by atoms with Gasteiger partial charge in [-0.05, 0) is 69.4 Å². The number of para-hydroxylation sites is 1. The van der Waals surface area contributed by atoms with Crippen molar-refractivity contribution < 1.29 is 0 Å². The Morgan fingerprint density at radius 2 is 1.73 bits per heavy atom. The first kappa shape index (κ1) is 14.3. The fourth-order valence-electron chi connectivity index (χ4n) is 4.45. The molecule has 3 nitrogen and oxygen atoms in total. The second-order valence-corrected chi connectivity index (χ2v) is 7.00. The van der Waals surface area contributed by atoms with Crippen LogP contribution in [0.3, 0.4) is 0 Å². The van der Waals surface area contributed by atoms with E-state index in [1.165, 1.54) is 62.8 Å². The molecule has 1 aromatic heterocycles. The largest absolute Gasteiger partial charge is 0.350 e. The van der Waals surface area contributed by atoms with Crippen LogP contribution < -0.4 is 5.32 Å². The van der Waals surface area contributed by atoms with Crippen LogP contribution in [0.25, 0.3) is 10.9 Å². The number of likely N-dealkylation sites (tertiary alicyclic amines) is 1. The lowest BCUT2D eigenvalue weighted by atomic mass is 9.88. The predicted molar refractivity (Wildman–Crippen MR) is 92.4 cm³/mol. The van der Waals surface area contributed by atoms with Gasteiger partial charge >= 0.3 is 0 Å². The first-order chi connectivity index (χ1) is 10.8. The third-order valence-corrected chi connectivity index (χ3v) is 5.72. The molecule has 0 bridgehead atoms. The fourth-order valence-corrected chi connectivity index (χ4v) is 4.45. The maximum Gasteiger partial charge on any atom is 0.0480 e. The summed E-state index contributed by atoms with van der Waals surface area (Å²) in [6.45, 7) is 4.96. The molecular weight excluding hydrogens is 270 g/mol. The molecule has 1 aromatic carbocycles. The Morgan fingerprint density at radius 3 is 2.50 bits per heavy atom. The molecule has 3 heteroatoms. The van der Waals surface area contributed by atoms with Crippen LogP contribution in [-0.4, -0.2) is 41.7 Å². The molecule has 1 N–H and O–H groups in total. The molecule has 2 aliphatic heterocycles. The molecule has 0 saturated carbocycles. The Kier molecular flexibility index (Phi) is 3.93. The van der Waals surface area contributed by atoms with Crippen molar-refractivity contribution >= 4 is 10.9 Å². The van der Waals surface area contributed by atoms with Crippen LogP contribution in [-0.2, 0) is 7.05 Å². The molecule has 2 saturated heterocycles. The van der Waals surface area contributed by atoms with E-state index < -0.39 is 0 Å². The number of hydrogen-bond acceptors (Lipinski definition) is 2. The lowest BCUT2D eigenvalue weighted by Crippen LogP contribution is -2.46. The highest BCUT2D eigenvalue weighted by atomic mass is 15.2. The summed E-state index contributed by atoms with van der Waals surface area (Å²) in [4.78, 5) is 2.75. The molecule has 0 aliphatic carbocycles. The predicted octanol–water partition coefficient (Wildman–Crippen LogP) is 3.11. The number of aryl methyl sites for hydroxylation is 1. The van der Waals surface area contributed by atoms with Crippen LogP contribution in [0, 0.1) is 0 Å². The monoisotopic (exact) mass is 297 g/mol. The number of fused-ring (bicyclic) bond motifs is 1. The first-order valence-corrected chi connectivity index (χ1v) is 8.81. The number of piperidine rings is 2. The molecule has 3 heterocycles. The number of nitrogens with one attached hydrogen (secondary N) is 1. The summed E-state index contributed by atoms with van der Waals surface area (Å²) in [6.07, 6.45) is 7.67. The first-order valence-electron chi connectivity index (χ1n) is 8.81. The molecule has 4 rings (SSSR count). The van der Waals surface area contributed by atoms with E-state index in [0.717, 1.165) is 12.0 Å². The lowest BCUT2D eigenvalue weighted by Gasteiger charge is -2.39. The third-order valence-electron chi connectivity index (χ3n) is 5.72. The highest BCUT2D eigenvalue weighted by Gasteiger charge is 2.27. The minimum absolute atomic E-state index is 0.740. The quantitative estimate of drug-likeness (QED) is 0.919. The molecule has 118 valence electrons. The molecule has 2 aromatic rings. The van der Waals surface area contributed by atoms with Crippen molar-refractivity contribution in [2.24, 2.45) is 7.05 Å². The van der Waals surface area contributed by atoms with Crippen molar-refractivity contribution in [3.05, 3.63) is 36.0 Å². The second-order valence-electron chi connectivity index (χ2n) is 7.00. The van der Waals surface area contributed by atoms with Gasteiger partial charge in [0.1, 0.15) is 0 Å². The van der Waals surface area contributed by atoms with E-state index in [1.807, 2.05) is 0 Å². The van der Waals surface area contributed by atoms with E-state index >= 15 is 0 Å². The highest BCUT2D eigenvalue weighted by Crippen LogP contribution is 2.35. The Hall–Kier alpha value is -1.32. The lowest BCUT2D eigenvalue weighted by molar-refractivity contribution is 0.127. The van der Waals surface area contributed by atoms with Gasteiger partial charge in [0.05, 0.1) is 0 Å². The summed E-state index contributed by atoms with van der Waals surface area (Å²) in [5, 5.41) is 4.95. The van der Waals surface area contributed by atoms with Crippen LogP contribution in [0.15, 0.2) is 30.5 Å². The van der Waals surface area contributed by atoms with Crippen LogP contribution in [0.1, 0.15) is 37.2 Å². The summed E-state index contributed by atoms with van der Waals surface area (Å²) in [7, 11) is 2.18. The molecule has 22 heavy (non-hydrogen) atoms. The van der Waals surface area contributed by atoms with Gasteiger partial charge in [-0.25, -0.2) is 0 Å². The van der Waals surface area contributed by atoms with Crippen LogP contribution in [0.2, 0.25) is 0 Å². The summed E-state index contributed by atoms with van der Waals surface area (Å²) in [5.74, 6) is 0.740. The topological polar surface area (TPSA) is 20.2 Å². The summed E-state index contributed by atoms with van der Waals surface area (Å²) >= 11 is 0. The molecule has 0 radical (unpaired) electrons. The zero-order valence-electron chi connectivity index (χ0n) is 13.6. The maximum absolute atomic E-state index is 3.48. The minimum atomic E-state index is 0.740. The Balaban J connectivity index is 1.48. The van der Waals surface area contributed by atoms with Gasteiger partial charge in [0.25, 0.3) is 0 Å². The Bertz CT molecular complexity index is 631. The maximum atomic E-state index is 3.48. The van der Waals surface area contributed by atoms with Crippen molar-refractivity contribution in [1.82, 2.24) is 14.8 Å². The molecular formula is C19H27N3. The Labute approximate surface area is 133 Å². The summed E-state index contributed by atoms with van der Waals surface area (Å²) in [5.41, 5.74) is 2.95. The van der Waals surface area contributed by atoms with Gasteiger partial charge in [0.2, 0.25) is 0 Å². The van der Waals surface area contributed by atoms with Crippen molar-refractivity contribution in [3.8, 4) is 0 Å². The second kappa shape index (κ2) is 6.05. The van der Waals surface area contributed by atoms with Gasteiger partial charge < -0.3 is 14.8 Å². The van der Waals surface area contributed by atoms with Crippen molar-refractivity contribution in [2.45, 2.75) is 37.6 Å². The zero-order valence-corrected chi connectivity index (χ0v) is 13.6. The van der Waals surface area contributed by atoms with Crippen LogP contribution in [0.5, 0.6) is 0 Å². The number of rotatable bonds is 2. The SMILES string of the molecule is Cn1cc(C2CCN(C3CCNCC3)CC2)c2ccccc21. The Morgan fingerprint density at radius 1 is 1.00 bits per heavy atom. The number of nitrogens with zero attached hydrogens (tertiary/aromatic N) is 2. The standard InChI is InChI=1S/C19H27N3/c1-21-14-18(17-4-2-3-5-19(17)21)15-8-12-22(13-9-15)16-6-10-20-11-7-16/h2-5,14-16,20H,6-13H2,1H3. The van der Waals surface area contributed by atoms with Gasteiger partial charge in [-0.1, -0.05) is 18.2 Å². The van der Waals surface area contributed by atoms with E-state index in [2.05, 4.69) is 52.3 Å². The van der Waals surface area contributed by atoms with Gasteiger partial charge in [-0.15, -0.1) is 0 Å². The van der Waals surface area contributed by atoms with E-state index in [1.54, 1.807) is 5.56 Å². The number of benzene rings is 1. The van der Waals surface area contributed by atoms with Crippen molar-refractivity contribution in [2.75, 3.05) is 26.2 Å². The van der Waals surface area contributed by atoms with E-state index in [0.29, 0.717) is 0 Å². The van der Waals surface area contributed by atoms with Gasteiger partial charge in [-0.2, -0.15) is 0 Å². The third kappa shape index (κ3) is 2.57. The molecule has 2 aliphatic rings. The molecule has 0 unspecified atom stereocenters. The van der Waals surface area contributed by atoms with E-state index in [9.17, 15) is 0 Å². The van der Waals surface area contributed by atoms with Crippen molar-refractivity contribution in [1.29, 1.82) is 0 Å². The van der Waals surface area contributed by atoms with Gasteiger partial charge in [0.15, 0.2) is 0 Å². The molecule has 0 atom stereocenters. The van der Waals surface area contributed by atoms with Gasteiger partial charge in [-0.3, -0.25) is 0 Å². The average Bonchev–Trinajstić information content (AvgIpc) is 2.93. The minimum Gasteiger partial charge on any atom is -0.350 e. The van der Waals surface area contributed by atoms with Crippen LogP contribution in [0.4, 0.5) is 0 Å². The number of hydrogen-bond donors (Lipinski definition) is 1. The normalized spacial score (nSPS) is 22.4. The van der Waals surface area contributed by atoms with Gasteiger partial charge in [0, 0.05) is 30.2 Å². The highest BCUT2D eigenvalue weighted by molar-refractivity contribution is 5.84. The number of aromatic nitrogens is 1. The smallest absolute Gasteiger partial charge is 0.0480 e. The fraction of sp³-hybridized carbons (Fsp3) is 0.579. The summed E-state index contributed by atoms with van der Waals surface area (Å²) < 4.78 is 2.30. The van der Waals surface area contributed by atoms with Crippen LogP contribution >= 0.6 is 0 Å². The average molecular weight is 297 g/mol. The van der Waals surface area contributed by atoms with Crippen molar-refractivity contribution in [3.63, 3.8) is 0 Å². The zero-order chi connectivity index (χ0) is 14.9. The summed E-state index contributed by atoms with van der Waals surface area (Å²) in [6, 6.07) is 9.68. The molecule has 2 fully saturated rings. The van der Waals surface area contributed by atoms with E-state index in [-0.39, 0.29) is 0 Å². The molecule has 0 amide bonds.